The molecule has 0 aliphatic heterocycles. The molecule has 84 valence electrons. The number of esters is 2. The van der Waals surface area contributed by atoms with E-state index in [-0.39, 0.29) is 0 Å². The summed E-state index contributed by atoms with van der Waals surface area (Å²) in [5, 5.41) is 0. The van der Waals surface area contributed by atoms with Crippen molar-refractivity contribution in [3.05, 3.63) is 24.3 Å². The number of carbonyl (C=O) groups is 2. The highest BCUT2D eigenvalue weighted by atomic mass is 16.6. The molecule has 0 radical (unpaired) electrons. The van der Waals surface area contributed by atoms with Gasteiger partial charge in [0.15, 0.2) is 0 Å². The van der Waals surface area contributed by atoms with Crippen molar-refractivity contribution < 1.29 is 14.3 Å². The first-order valence-corrected chi connectivity index (χ1v) is 5.29. The van der Waals surface area contributed by atoms with E-state index in [4.69, 9.17) is 0 Å². The maximum atomic E-state index is 11.0. The standard InChI is InChI=1S/C12H18O3/c1-3-5-7-9-11(13)15-12(14)10-8-6-4-2/h7-10H,3-6H2,1-2H3. The summed E-state index contributed by atoms with van der Waals surface area (Å²) in [5.41, 5.74) is 0. The molecule has 0 unspecified atom stereocenters. The van der Waals surface area contributed by atoms with Crippen LogP contribution in [0.15, 0.2) is 24.3 Å². The SMILES string of the molecule is CCCC=CC(=O)OC(=O)C=CCCC. The lowest BCUT2D eigenvalue weighted by atomic mass is 10.3. The number of rotatable bonds is 6. The molecule has 0 aromatic carbocycles. The predicted molar refractivity (Wildman–Crippen MR) is 59.2 cm³/mol. The highest BCUT2D eigenvalue weighted by molar-refractivity contribution is 5.96. The number of ether oxygens (including phenoxy) is 1. The first kappa shape index (κ1) is 13.6. The van der Waals surface area contributed by atoms with Crippen LogP contribution in [0.3, 0.4) is 0 Å². The van der Waals surface area contributed by atoms with Gasteiger partial charge in [0.25, 0.3) is 0 Å². The Balaban J connectivity index is 3.81. The maximum absolute atomic E-state index is 11.0. The zero-order valence-electron chi connectivity index (χ0n) is 9.36. The van der Waals surface area contributed by atoms with Gasteiger partial charge in [0, 0.05) is 12.2 Å². The van der Waals surface area contributed by atoms with E-state index < -0.39 is 11.9 Å². The highest BCUT2D eigenvalue weighted by Crippen LogP contribution is 1.93. The smallest absolute Gasteiger partial charge is 0.338 e. The Morgan fingerprint density at radius 1 is 0.933 bits per heavy atom. The van der Waals surface area contributed by atoms with E-state index in [1.54, 1.807) is 12.2 Å². The number of allylic oxidation sites excluding steroid dienone is 2. The molecule has 0 saturated heterocycles. The molecule has 0 heterocycles. The minimum absolute atomic E-state index is 0.602. The van der Waals surface area contributed by atoms with Crippen molar-refractivity contribution in [1.82, 2.24) is 0 Å². The van der Waals surface area contributed by atoms with Crippen LogP contribution in [0.4, 0.5) is 0 Å². The van der Waals surface area contributed by atoms with Crippen LogP contribution in [-0.4, -0.2) is 11.9 Å². The summed E-state index contributed by atoms with van der Waals surface area (Å²) in [7, 11) is 0. The lowest BCUT2D eigenvalue weighted by Gasteiger charge is -1.93. The van der Waals surface area contributed by atoms with Crippen LogP contribution >= 0.6 is 0 Å². The monoisotopic (exact) mass is 210 g/mol. The van der Waals surface area contributed by atoms with Gasteiger partial charge in [-0.25, -0.2) is 9.59 Å². The van der Waals surface area contributed by atoms with Gasteiger partial charge >= 0.3 is 11.9 Å². The highest BCUT2D eigenvalue weighted by Gasteiger charge is 2.02. The molecular weight excluding hydrogens is 192 g/mol. The number of unbranched alkanes of at least 4 members (excludes halogenated alkanes) is 2. The zero-order chi connectivity index (χ0) is 11.5. The third-order valence-corrected chi connectivity index (χ3v) is 1.62. The van der Waals surface area contributed by atoms with Crippen molar-refractivity contribution in [3.8, 4) is 0 Å². The molecule has 0 saturated carbocycles. The van der Waals surface area contributed by atoms with E-state index in [0.717, 1.165) is 25.7 Å². The molecule has 0 amide bonds. The summed E-state index contributed by atoms with van der Waals surface area (Å²) in [6, 6.07) is 0. The zero-order valence-corrected chi connectivity index (χ0v) is 9.36. The third-order valence-electron chi connectivity index (χ3n) is 1.62. The van der Waals surface area contributed by atoms with E-state index >= 15 is 0 Å². The molecule has 0 N–H and O–H groups in total. The van der Waals surface area contributed by atoms with Crippen LogP contribution in [0, 0.1) is 0 Å². The van der Waals surface area contributed by atoms with Gasteiger partial charge in [-0.3, -0.25) is 0 Å². The quantitative estimate of drug-likeness (QED) is 0.384. The lowest BCUT2D eigenvalue weighted by molar-refractivity contribution is -0.152. The van der Waals surface area contributed by atoms with Crippen LogP contribution in [0.25, 0.3) is 0 Å². The van der Waals surface area contributed by atoms with Gasteiger partial charge in [-0.15, -0.1) is 0 Å². The summed E-state index contributed by atoms with van der Waals surface area (Å²) in [6.07, 6.45) is 9.53. The van der Waals surface area contributed by atoms with Crippen molar-refractivity contribution >= 4 is 11.9 Å². The summed E-state index contributed by atoms with van der Waals surface area (Å²) in [6.45, 7) is 4.02. The Bertz CT molecular complexity index is 226. The van der Waals surface area contributed by atoms with Crippen molar-refractivity contribution in [3.63, 3.8) is 0 Å². The fraction of sp³-hybridized carbons (Fsp3) is 0.500. The number of hydrogen-bond acceptors (Lipinski definition) is 3. The van der Waals surface area contributed by atoms with Crippen LogP contribution in [0.2, 0.25) is 0 Å². The van der Waals surface area contributed by atoms with E-state index in [1.807, 2.05) is 13.8 Å². The first-order chi connectivity index (χ1) is 7.20. The lowest BCUT2D eigenvalue weighted by Crippen LogP contribution is -2.06. The van der Waals surface area contributed by atoms with Crippen molar-refractivity contribution in [2.45, 2.75) is 39.5 Å². The van der Waals surface area contributed by atoms with E-state index in [9.17, 15) is 9.59 Å². The summed E-state index contributed by atoms with van der Waals surface area (Å²) in [4.78, 5) is 22.0. The molecule has 0 fully saturated rings. The fourth-order valence-corrected chi connectivity index (χ4v) is 0.860. The molecule has 0 rings (SSSR count). The molecule has 0 atom stereocenters. The number of hydrogen-bond donors (Lipinski definition) is 0. The normalized spacial score (nSPS) is 11.1. The topological polar surface area (TPSA) is 43.4 Å². The van der Waals surface area contributed by atoms with Gasteiger partial charge in [0.1, 0.15) is 0 Å². The number of carbonyl (C=O) groups excluding carboxylic acids is 2. The predicted octanol–water partition coefficient (Wildman–Crippen LogP) is 2.77. The second-order valence-corrected chi connectivity index (χ2v) is 3.12. The molecule has 0 aliphatic rings. The fourth-order valence-electron chi connectivity index (χ4n) is 0.860. The Morgan fingerprint density at radius 2 is 1.33 bits per heavy atom. The van der Waals surface area contributed by atoms with Crippen LogP contribution in [-0.2, 0) is 14.3 Å². The van der Waals surface area contributed by atoms with Crippen molar-refractivity contribution in [2.75, 3.05) is 0 Å². The van der Waals surface area contributed by atoms with Gasteiger partial charge in [-0.2, -0.15) is 0 Å². The van der Waals surface area contributed by atoms with Gasteiger partial charge in [-0.05, 0) is 12.8 Å². The molecule has 3 heteroatoms. The van der Waals surface area contributed by atoms with E-state index in [2.05, 4.69) is 4.74 Å². The Labute approximate surface area is 90.8 Å². The van der Waals surface area contributed by atoms with E-state index in [0.29, 0.717) is 0 Å². The molecule has 0 spiro atoms. The van der Waals surface area contributed by atoms with Crippen LogP contribution in [0.5, 0.6) is 0 Å². The first-order valence-electron chi connectivity index (χ1n) is 5.29. The molecular formula is C12H18O3. The Hall–Kier alpha value is -1.38. The summed E-state index contributed by atoms with van der Waals surface area (Å²) >= 11 is 0. The molecule has 0 aromatic rings. The molecule has 0 aliphatic carbocycles. The average molecular weight is 210 g/mol. The second kappa shape index (κ2) is 9.19. The van der Waals surface area contributed by atoms with Gasteiger partial charge in [0.2, 0.25) is 0 Å². The Kier molecular flexibility index (Phi) is 8.34. The van der Waals surface area contributed by atoms with E-state index in [1.165, 1.54) is 12.2 Å². The molecule has 0 aromatic heterocycles. The maximum Gasteiger partial charge on any atom is 0.338 e. The van der Waals surface area contributed by atoms with Crippen LogP contribution < -0.4 is 0 Å². The van der Waals surface area contributed by atoms with Crippen molar-refractivity contribution in [2.24, 2.45) is 0 Å². The van der Waals surface area contributed by atoms with Gasteiger partial charge in [0.05, 0.1) is 0 Å². The largest absolute Gasteiger partial charge is 0.387 e. The minimum atomic E-state index is -0.602. The molecule has 15 heavy (non-hydrogen) atoms. The average Bonchev–Trinajstić information content (AvgIpc) is 2.18. The van der Waals surface area contributed by atoms with Crippen molar-refractivity contribution in [1.29, 1.82) is 0 Å². The summed E-state index contributed by atoms with van der Waals surface area (Å²) < 4.78 is 4.49. The summed E-state index contributed by atoms with van der Waals surface area (Å²) in [5.74, 6) is -1.20. The Morgan fingerprint density at radius 3 is 1.67 bits per heavy atom. The third kappa shape index (κ3) is 8.94. The minimum Gasteiger partial charge on any atom is -0.387 e. The van der Waals surface area contributed by atoms with Gasteiger partial charge in [-0.1, -0.05) is 38.8 Å². The second-order valence-electron chi connectivity index (χ2n) is 3.12. The van der Waals surface area contributed by atoms with Gasteiger partial charge < -0.3 is 4.74 Å². The molecule has 3 nitrogen and oxygen atoms in total. The molecule has 0 bridgehead atoms. The van der Waals surface area contributed by atoms with Crippen LogP contribution in [0.1, 0.15) is 39.5 Å².